The molecule has 0 aliphatic heterocycles. The molecule has 0 spiro atoms. The highest BCUT2D eigenvalue weighted by molar-refractivity contribution is 5.82. The predicted octanol–water partition coefficient (Wildman–Crippen LogP) is 4.46. The molecule has 0 bridgehead atoms. The van der Waals surface area contributed by atoms with Gasteiger partial charge in [-0.2, -0.15) is 4.98 Å². The minimum absolute atomic E-state index is 0.623. The summed E-state index contributed by atoms with van der Waals surface area (Å²) in [4.78, 5) is 8.45. The summed E-state index contributed by atoms with van der Waals surface area (Å²) >= 11 is 0. The van der Waals surface area contributed by atoms with Crippen molar-refractivity contribution in [2.75, 3.05) is 0 Å². The van der Waals surface area contributed by atoms with E-state index >= 15 is 0 Å². The van der Waals surface area contributed by atoms with E-state index in [1.54, 1.807) is 12.4 Å². The van der Waals surface area contributed by atoms with Crippen molar-refractivity contribution in [2.45, 2.75) is 19.3 Å². The second kappa shape index (κ2) is 6.62. The normalized spacial score (nSPS) is 11.0. The number of aromatic nitrogens is 3. The highest BCUT2D eigenvalue weighted by atomic mass is 16.5. The second-order valence-electron chi connectivity index (χ2n) is 5.78. The third kappa shape index (κ3) is 3.18. The molecule has 0 N–H and O–H groups in total. The summed E-state index contributed by atoms with van der Waals surface area (Å²) in [5.41, 5.74) is 2.26. The molecule has 2 aromatic carbocycles. The molecular weight excluding hydrogens is 298 g/mol. The molecule has 0 saturated heterocycles. The molecule has 0 saturated carbocycles. The van der Waals surface area contributed by atoms with Gasteiger partial charge >= 0.3 is 0 Å². The van der Waals surface area contributed by atoms with Gasteiger partial charge in [0.1, 0.15) is 0 Å². The molecule has 2 aromatic heterocycles. The van der Waals surface area contributed by atoms with Gasteiger partial charge in [0.15, 0.2) is 0 Å². The maximum absolute atomic E-state index is 5.35. The minimum atomic E-state index is 0.623. The van der Waals surface area contributed by atoms with Crippen molar-refractivity contribution >= 4 is 10.8 Å². The number of hydrogen-bond donors (Lipinski definition) is 0. The summed E-state index contributed by atoms with van der Waals surface area (Å²) in [6, 6.07) is 18.8. The van der Waals surface area contributed by atoms with Gasteiger partial charge in [0.05, 0.1) is 0 Å². The molecule has 4 nitrogen and oxygen atoms in total. The lowest BCUT2D eigenvalue weighted by Gasteiger charge is -2.02. The van der Waals surface area contributed by atoms with Crippen LogP contribution in [0, 0.1) is 0 Å². The van der Waals surface area contributed by atoms with E-state index in [-0.39, 0.29) is 0 Å². The van der Waals surface area contributed by atoms with Crippen molar-refractivity contribution in [3.05, 3.63) is 78.4 Å². The van der Waals surface area contributed by atoms with Gasteiger partial charge in [0.25, 0.3) is 0 Å². The van der Waals surface area contributed by atoms with Gasteiger partial charge in [-0.25, -0.2) is 0 Å². The molecular formula is C20H17N3O. The fraction of sp³-hybridized carbons (Fsp3) is 0.150. The van der Waals surface area contributed by atoms with Crippen LogP contribution in [0.1, 0.15) is 17.9 Å². The summed E-state index contributed by atoms with van der Waals surface area (Å²) in [7, 11) is 0. The monoisotopic (exact) mass is 315 g/mol. The van der Waals surface area contributed by atoms with E-state index in [1.807, 2.05) is 12.1 Å². The summed E-state index contributed by atoms with van der Waals surface area (Å²) < 4.78 is 5.35. The number of rotatable bonds is 5. The fourth-order valence-electron chi connectivity index (χ4n) is 2.81. The molecule has 4 aromatic rings. The third-order valence-electron chi connectivity index (χ3n) is 4.08. The van der Waals surface area contributed by atoms with Crippen molar-refractivity contribution in [3.8, 4) is 11.4 Å². The van der Waals surface area contributed by atoms with Gasteiger partial charge in [-0.05, 0) is 41.3 Å². The third-order valence-corrected chi connectivity index (χ3v) is 4.08. The zero-order valence-corrected chi connectivity index (χ0v) is 13.2. The summed E-state index contributed by atoms with van der Waals surface area (Å²) in [6.07, 6.45) is 6.22. The Morgan fingerprint density at radius 2 is 1.67 bits per heavy atom. The predicted molar refractivity (Wildman–Crippen MR) is 93.5 cm³/mol. The number of aryl methyl sites for hydroxylation is 2. The largest absolute Gasteiger partial charge is 0.339 e. The van der Waals surface area contributed by atoms with Crippen molar-refractivity contribution < 1.29 is 4.52 Å². The lowest BCUT2D eigenvalue weighted by Crippen LogP contribution is -1.91. The first kappa shape index (κ1) is 14.6. The molecule has 118 valence electrons. The summed E-state index contributed by atoms with van der Waals surface area (Å²) in [6.45, 7) is 0. The van der Waals surface area contributed by atoms with Gasteiger partial charge in [-0.3, -0.25) is 4.98 Å². The Balaban J connectivity index is 1.39. The standard InChI is InChI=1S/C20H17N3O/c1-2-6-18-14-15(8-9-16(18)5-1)4-3-7-19-22-20(23-24-19)17-10-12-21-13-11-17/h1-2,5-6,8-14H,3-4,7H2. The molecule has 2 heterocycles. The van der Waals surface area contributed by atoms with Crippen LogP contribution < -0.4 is 0 Å². The van der Waals surface area contributed by atoms with Crippen LogP contribution in [0.3, 0.4) is 0 Å². The average molecular weight is 315 g/mol. The number of benzene rings is 2. The molecule has 0 amide bonds. The van der Waals surface area contributed by atoms with Gasteiger partial charge in [0.2, 0.25) is 11.7 Å². The lowest BCUT2D eigenvalue weighted by molar-refractivity contribution is 0.376. The summed E-state index contributed by atoms with van der Waals surface area (Å²) in [5, 5.41) is 6.60. The van der Waals surface area contributed by atoms with Crippen LogP contribution >= 0.6 is 0 Å². The Kier molecular flexibility index (Phi) is 4.02. The Morgan fingerprint density at radius 3 is 2.54 bits per heavy atom. The average Bonchev–Trinajstić information content (AvgIpc) is 3.11. The smallest absolute Gasteiger partial charge is 0.226 e. The Labute approximate surface area is 140 Å². The van der Waals surface area contributed by atoms with Crippen LogP contribution in [0.25, 0.3) is 22.2 Å². The quantitative estimate of drug-likeness (QED) is 0.545. The van der Waals surface area contributed by atoms with Crippen LogP contribution in [0.4, 0.5) is 0 Å². The van der Waals surface area contributed by atoms with Crippen LogP contribution in [0.5, 0.6) is 0 Å². The van der Waals surface area contributed by atoms with Crippen molar-refractivity contribution in [2.24, 2.45) is 0 Å². The van der Waals surface area contributed by atoms with E-state index in [1.165, 1.54) is 16.3 Å². The highest BCUT2D eigenvalue weighted by Gasteiger charge is 2.08. The van der Waals surface area contributed by atoms with E-state index in [0.717, 1.165) is 24.8 Å². The first-order valence-electron chi connectivity index (χ1n) is 8.09. The van der Waals surface area contributed by atoms with Crippen LogP contribution in [-0.2, 0) is 12.8 Å². The minimum Gasteiger partial charge on any atom is -0.339 e. The van der Waals surface area contributed by atoms with Crippen LogP contribution in [-0.4, -0.2) is 15.1 Å². The SMILES string of the molecule is c1ccc2cc(CCCc3nc(-c4ccncc4)no3)ccc2c1. The fourth-order valence-corrected chi connectivity index (χ4v) is 2.81. The van der Waals surface area contributed by atoms with Crippen LogP contribution in [0.2, 0.25) is 0 Å². The van der Waals surface area contributed by atoms with Gasteiger partial charge in [-0.15, -0.1) is 0 Å². The van der Waals surface area contributed by atoms with Gasteiger partial charge in [-0.1, -0.05) is 47.6 Å². The van der Waals surface area contributed by atoms with Crippen molar-refractivity contribution in [1.29, 1.82) is 0 Å². The molecule has 4 rings (SSSR count). The van der Waals surface area contributed by atoms with Gasteiger partial charge < -0.3 is 4.52 Å². The molecule has 0 radical (unpaired) electrons. The van der Waals surface area contributed by atoms with Crippen molar-refractivity contribution in [3.63, 3.8) is 0 Å². The molecule has 0 aliphatic rings. The molecule has 24 heavy (non-hydrogen) atoms. The Morgan fingerprint density at radius 1 is 0.833 bits per heavy atom. The topological polar surface area (TPSA) is 51.8 Å². The van der Waals surface area contributed by atoms with Crippen molar-refractivity contribution in [1.82, 2.24) is 15.1 Å². The molecule has 0 aliphatic carbocycles. The zero-order valence-electron chi connectivity index (χ0n) is 13.2. The van der Waals surface area contributed by atoms with E-state index in [9.17, 15) is 0 Å². The summed E-state index contributed by atoms with van der Waals surface area (Å²) in [5.74, 6) is 1.31. The molecule has 4 heteroatoms. The maximum atomic E-state index is 5.35. The molecule has 0 atom stereocenters. The molecule has 0 fully saturated rings. The van der Waals surface area contributed by atoms with Crippen LogP contribution in [0.15, 0.2) is 71.5 Å². The Hall–Kier alpha value is -3.01. The lowest BCUT2D eigenvalue weighted by atomic mass is 10.0. The van der Waals surface area contributed by atoms with E-state index in [0.29, 0.717) is 11.7 Å². The number of hydrogen-bond acceptors (Lipinski definition) is 4. The van der Waals surface area contributed by atoms with Gasteiger partial charge in [0, 0.05) is 24.4 Å². The number of nitrogens with zero attached hydrogens (tertiary/aromatic N) is 3. The second-order valence-corrected chi connectivity index (χ2v) is 5.78. The van der Waals surface area contributed by atoms with E-state index < -0.39 is 0 Å². The first-order chi connectivity index (χ1) is 11.9. The maximum Gasteiger partial charge on any atom is 0.226 e. The Bertz CT molecular complexity index is 947. The van der Waals surface area contributed by atoms with E-state index in [4.69, 9.17) is 4.52 Å². The first-order valence-corrected chi connectivity index (χ1v) is 8.09. The zero-order chi connectivity index (χ0) is 16.2. The number of fused-ring (bicyclic) bond motifs is 1. The van der Waals surface area contributed by atoms with E-state index in [2.05, 4.69) is 57.6 Å². The number of pyridine rings is 1. The highest BCUT2D eigenvalue weighted by Crippen LogP contribution is 2.18. The molecule has 0 unspecified atom stereocenters.